The van der Waals surface area contributed by atoms with Crippen molar-refractivity contribution in [1.82, 2.24) is 4.90 Å². The molecule has 3 heteroatoms. The van der Waals surface area contributed by atoms with Crippen LogP contribution in [-0.4, -0.2) is 29.7 Å². The van der Waals surface area contributed by atoms with Gasteiger partial charge in [-0.3, -0.25) is 0 Å². The summed E-state index contributed by atoms with van der Waals surface area (Å²) in [6, 6.07) is 10.5. The molecule has 1 spiro atoms. The van der Waals surface area contributed by atoms with E-state index in [4.69, 9.17) is 4.74 Å². The third kappa shape index (κ3) is 3.95. The summed E-state index contributed by atoms with van der Waals surface area (Å²) in [7, 11) is 0. The smallest absolute Gasteiger partial charge is 0.410 e. The summed E-state index contributed by atoms with van der Waals surface area (Å²) in [5.41, 5.74) is 2.65. The van der Waals surface area contributed by atoms with E-state index in [0.717, 1.165) is 32.4 Å². The number of amides is 1. The first kappa shape index (κ1) is 16.1. The lowest BCUT2D eigenvalue weighted by molar-refractivity contribution is 0.0274. The van der Waals surface area contributed by atoms with E-state index in [-0.39, 0.29) is 11.5 Å². The lowest BCUT2D eigenvalue weighted by atomic mass is 9.85. The summed E-state index contributed by atoms with van der Waals surface area (Å²) in [6.07, 6.45) is 6.71. The number of allylic oxidation sites excluding steroid dienone is 1. The molecule has 1 atom stereocenters. The summed E-state index contributed by atoms with van der Waals surface area (Å²) >= 11 is 0. The SMILES string of the molecule is CC(C)(C)OC(=O)N1CCC2(CC/C(=C\c3ccccc3)C2)C1. The van der Waals surface area contributed by atoms with Crippen molar-refractivity contribution in [2.24, 2.45) is 5.41 Å². The average molecular weight is 313 g/mol. The van der Waals surface area contributed by atoms with Crippen LogP contribution in [0, 0.1) is 5.41 Å². The van der Waals surface area contributed by atoms with Crippen LogP contribution < -0.4 is 0 Å². The summed E-state index contributed by atoms with van der Waals surface area (Å²) in [6.45, 7) is 7.44. The fourth-order valence-electron chi connectivity index (χ4n) is 3.76. The minimum absolute atomic E-state index is 0.158. The zero-order valence-corrected chi connectivity index (χ0v) is 14.5. The van der Waals surface area contributed by atoms with Crippen molar-refractivity contribution in [3.05, 3.63) is 41.5 Å². The molecule has 1 aliphatic carbocycles. The van der Waals surface area contributed by atoms with Crippen LogP contribution in [0.4, 0.5) is 4.79 Å². The Labute approximate surface area is 139 Å². The van der Waals surface area contributed by atoms with E-state index in [1.165, 1.54) is 17.6 Å². The maximum absolute atomic E-state index is 12.3. The van der Waals surface area contributed by atoms with Crippen LogP contribution in [0.2, 0.25) is 0 Å². The second kappa shape index (κ2) is 6.03. The Morgan fingerprint density at radius 1 is 1.22 bits per heavy atom. The number of nitrogens with zero attached hydrogens (tertiary/aromatic N) is 1. The second-order valence-corrected chi connectivity index (χ2v) is 8.04. The van der Waals surface area contributed by atoms with E-state index in [1.807, 2.05) is 31.7 Å². The molecule has 0 bridgehead atoms. The van der Waals surface area contributed by atoms with Gasteiger partial charge in [0.15, 0.2) is 0 Å². The van der Waals surface area contributed by atoms with Crippen molar-refractivity contribution in [3.8, 4) is 0 Å². The van der Waals surface area contributed by atoms with Crippen molar-refractivity contribution in [2.75, 3.05) is 13.1 Å². The van der Waals surface area contributed by atoms with Gasteiger partial charge in [-0.25, -0.2) is 4.79 Å². The molecule has 1 heterocycles. The molecule has 3 rings (SSSR count). The van der Waals surface area contributed by atoms with Crippen LogP contribution in [0.1, 0.15) is 52.0 Å². The van der Waals surface area contributed by atoms with Crippen molar-refractivity contribution in [1.29, 1.82) is 0 Å². The lowest BCUT2D eigenvalue weighted by Crippen LogP contribution is -2.36. The summed E-state index contributed by atoms with van der Waals surface area (Å²) in [5, 5.41) is 0. The molecule has 1 aromatic rings. The summed E-state index contributed by atoms with van der Waals surface area (Å²) < 4.78 is 5.52. The zero-order valence-electron chi connectivity index (χ0n) is 14.5. The van der Waals surface area contributed by atoms with E-state index < -0.39 is 5.60 Å². The molecule has 2 fully saturated rings. The van der Waals surface area contributed by atoms with E-state index >= 15 is 0 Å². The van der Waals surface area contributed by atoms with Crippen LogP contribution in [0.3, 0.4) is 0 Å². The van der Waals surface area contributed by atoms with Gasteiger partial charge in [0.25, 0.3) is 0 Å². The number of rotatable bonds is 1. The highest BCUT2D eigenvalue weighted by molar-refractivity contribution is 5.68. The van der Waals surface area contributed by atoms with Crippen LogP contribution in [0.25, 0.3) is 6.08 Å². The van der Waals surface area contributed by atoms with E-state index in [1.54, 1.807) is 0 Å². The van der Waals surface area contributed by atoms with Gasteiger partial charge in [0.2, 0.25) is 0 Å². The predicted molar refractivity (Wildman–Crippen MR) is 93.1 cm³/mol. The normalized spacial score (nSPS) is 26.2. The quantitative estimate of drug-likeness (QED) is 0.739. The van der Waals surface area contributed by atoms with Crippen molar-refractivity contribution in [2.45, 2.75) is 52.1 Å². The van der Waals surface area contributed by atoms with E-state index in [0.29, 0.717) is 0 Å². The van der Waals surface area contributed by atoms with Crippen LogP contribution >= 0.6 is 0 Å². The number of benzene rings is 1. The first-order chi connectivity index (χ1) is 10.9. The van der Waals surface area contributed by atoms with Gasteiger partial charge in [0.05, 0.1) is 0 Å². The molecule has 1 saturated carbocycles. The number of likely N-dealkylation sites (tertiary alicyclic amines) is 1. The third-order valence-electron chi connectivity index (χ3n) is 4.84. The number of hydrogen-bond acceptors (Lipinski definition) is 2. The maximum atomic E-state index is 12.3. The van der Waals surface area contributed by atoms with E-state index in [2.05, 4.69) is 30.3 Å². The maximum Gasteiger partial charge on any atom is 0.410 e. The molecule has 2 aliphatic rings. The van der Waals surface area contributed by atoms with Crippen molar-refractivity contribution in [3.63, 3.8) is 0 Å². The number of carbonyl (C=O) groups is 1. The molecule has 1 unspecified atom stereocenters. The average Bonchev–Trinajstić information content (AvgIpc) is 3.06. The van der Waals surface area contributed by atoms with Crippen LogP contribution in [-0.2, 0) is 4.74 Å². The van der Waals surface area contributed by atoms with Gasteiger partial charge in [-0.1, -0.05) is 42.0 Å². The molecule has 124 valence electrons. The number of ether oxygens (including phenoxy) is 1. The highest BCUT2D eigenvalue weighted by Gasteiger charge is 2.44. The molecule has 1 saturated heterocycles. The minimum atomic E-state index is -0.416. The molecule has 1 aliphatic heterocycles. The van der Waals surface area contributed by atoms with Gasteiger partial charge >= 0.3 is 6.09 Å². The Kier molecular flexibility index (Phi) is 4.22. The van der Waals surface area contributed by atoms with Crippen LogP contribution in [0.5, 0.6) is 0 Å². The van der Waals surface area contributed by atoms with Crippen molar-refractivity contribution >= 4 is 12.2 Å². The molecule has 0 aromatic heterocycles. The molecular weight excluding hydrogens is 286 g/mol. The molecule has 1 amide bonds. The summed E-state index contributed by atoms with van der Waals surface area (Å²) in [4.78, 5) is 14.2. The topological polar surface area (TPSA) is 29.5 Å². The Balaban J connectivity index is 1.63. The highest BCUT2D eigenvalue weighted by Crippen LogP contribution is 2.48. The zero-order chi connectivity index (χ0) is 16.5. The van der Waals surface area contributed by atoms with Gasteiger partial charge in [0, 0.05) is 13.1 Å². The van der Waals surface area contributed by atoms with Gasteiger partial charge in [-0.2, -0.15) is 0 Å². The van der Waals surface area contributed by atoms with Crippen LogP contribution in [0.15, 0.2) is 35.9 Å². The molecule has 0 radical (unpaired) electrons. The third-order valence-corrected chi connectivity index (χ3v) is 4.84. The number of carbonyl (C=O) groups excluding carboxylic acids is 1. The van der Waals surface area contributed by atoms with E-state index in [9.17, 15) is 4.79 Å². The van der Waals surface area contributed by atoms with Crippen molar-refractivity contribution < 1.29 is 9.53 Å². The fourth-order valence-corrected chi connectivity index (χ4v) is 3.76. The molecule has 3 nitrogen and oxygen atoms in total. The standard InChI is InChI=1S/C20H27NO2/c1-19(2,3)23-18(22)21-12-11-20(15-21)10-9-17(14-20)13-16-7-5-4-6-8-16/h4-8,13H,9-12,14-15H2,1-3H3/b17-13+. The first-order valence-corrected chi connectivity index (χ1v) is 8.58. The monoisotopic (exact) mass is 313 g/mol. The first-order valence-electron chi connectivity index (χ1n) is 8.58. The Morgan fingerprint density at radius 2 is 1.96 bits per heavy atom. The minimum Gasteiger partial charge on any atom is -0.444 e. The number of hydrogen-bond donors (Lipinski definition) is 0. The van der Waals surface area contributed by atoms with Gasteiger partial charge in [-0.05, 0) is 57.4 Å². The van der Waals surface area contributed by atoms with Gasteiger partial charge in [0.1, 0.15) is 5.60 Å². The molecule has 1 aromatic carbocycles. The molecular formula is C20H27NO2. The predicted octanol–water partition coefficient (Wildman–Crippen LogP) is 4.88. The molecule has 0 N–H and O–H groups in total. The second-order valence-electron chi connectivity index (χ2n) is 8.04. The molecule has 23 heavy (non-hydrogen) atoms. The Hall–Kier alpha value is -1.77. The largest absolute Gasteiger partial charge is 0.444 e. The lowest BCUT2D eigenvalue weighted by Gasteiger charge is -2.26. The highest BCUT2D eigenvalue weighted by atomic mass is 16.6. The Morgan fingerprint density at radius 3 is 2.65 bits per heavy atom. The summed E-state index contributed by atoms with van der Waals surface area (Å²) in [5.74, 6) is 0. The van der Waals surface area contributed by atoms with Gasteiger partial charge < -0.3 is 9.64 Å². The van der Waals surface area contributed by atoms with Gasteiger partial charge in [-0.15, -0.1) is 0 Å². The Bertz CT molecular complexity index is 600. The fraction of sp³-hybridized carbons (Fsp3) is 0.550.